The summed E-state index contributed by atoms with van der Waals surface area (Å²) in [6, 6.07) is 4.28. The highest BCUT2D eigenvalue weighted by Crippen LogP contribution is 2.23. The molecule has 0 aliphatic rings. The zero-order valence-corrected chi connectivity index (χ0v) is 9.72. The van der Waals surface area contributed by atoms with Crippen LogP contribution in [0.3, 0.4) is 0 Å². The van der Waals surface area contributed by atoms with Crippen molar-refractivity contribution >= 4 is 22.4 Å². The van der Waals surface area contributed by atoms with Crippen molar-refractivity contribution in [2.24, 2.45) is 0 Å². The molecule has 5 heteroatoms. The lowest BCUT2D eigenvalue weighted by atomic mass is 10.1. The quantitative estimate of drug-likeness (QED) is 0.845. The van der Waals surface area contributed by atoms with E-state index in [1.54, 1.807) is 0 Å². The first-order valence-corrected chi connectivity index (χ1v) is 5.44. The minimum Gasteiger partial charge on any atom is -0.329 e. The summed E-state index contributed by atoms with van der Waals surface area (Å²) in [4.78, 5) is 0. The average molecular weight is 220 g/mol. The highest BCUT2D eigenvalue weighted by molar-refractivity contribution is 7.09. The summed E-state index contributed by atoms with van der Waals surface area (Å²) >= 11 is 1.25. The number of hydrogen-bond acceptors (Lipinski definition) is 5. The predicted octanol–water partition coefficient (Wildman–Crippen LogP) is 2.60. The van der Waals surface area contributed by atoms with Gasteiger partial charge in [0.15, 0.2) is 0 Å². The smallest absolute Gasteiger partial charge is 0.229 e. The molecule has 2 aromatic rings. The van der Waals surface area contributed by atoms with Gasteiger partial charge in [-0.05, 0) is 48.7 Å². The van der Waals surface area contributed by atoms with Crippen molar-refractivity contribution in [2.75, 3.05) is 5.32 Å². The van der Waals surface area contributed by atoms with E-state index < -0.39 is 0 Å². The molecule has 0 aliphatic carbocycles. The molecule has 0 bridgehead atoms. The maximum absolute atomic E-state index is 3.85. The number of nitrogens with one attached hydrogen (secondary N) is 1. The van der Waals surface area contributed by atoms with Crippen molar-refractivity contribution in [1.82, 2.24) is 14.8 Å². The summed E-state index contributed by atoms with van der Waals surface area (Å²) in [6.07, 6.45) is 0. The Labute approximate surface area is 92.5 Å². The first-order chi connectivity index (χ1) is 7.16. The third kappa shape index (κ3) is 2.12. The molecule has 0 atom stereocenters. The number of benzene rings is 1. The van der Waals surface area contributed by atoms with E-state index in [0.29, 0.717) is 0 Å². The highest BCUT2D eigenvalue weighted by atomic mass is 32.1. The lowest BCUT2D eigenvalue weighted by Crippen LogP contribution is -1.95. The van der Waals surface area contributed by atoms with Crippen molar-refractivity contribution in [3.8, 4) is 0 Å². The zero-order valence-electron chi connectivity index (χ0n) is 8.90. The van der Waals surface area contributed by atoms with E-state index in [1.807, 2.05) is 0 Å². The van der Waals surface area contributed by atoms with Gasteiger partial charge in [0.25, 0.3) is 0 Å². The molecule has 2 rings (SSSR count). The van der Waals surface area contributed by atoms with E-state index in [2.05, 4.69) is 53.0 Å². The monoisotopic (exact) mass is 220 g/mol. The second-order valence-corrected chi connectivity index (χ2v) is 4.28. The van der Waals surface area contributed by atoms with Crippen LogP contribution in [0.15, 0.2) is 12.1 Å². The van der Waals surface area contributed by atoms with E-state index in [9.17, 15) is 0 Å². The third-order valence-electron chi connectivity index (χ3n) is 2.38. The molecule has 15 heavy (non-hydrogen) atoms. The summed E-state index contributed by atoms with van der Waals surface area (Å²) < 4.78 is 3.71. The van der Waals surface area contributed by atoms with Gasteiger partial charge < -0.3 is 5.32 Å². The van der Waals surface area contributed by atoms with E-state index in [1.165, 1.54) is 28.2 Å². The normalized spacial score (nSPS) is 10.3. The first-order valence-electron chi connectivity index (χ1n) is 4.67. The number of nitrogens with zero attached hydrogens (tertiary/aromatic N) is 3. The van der Waals surface area contributed by atoms with Crippen molar-refractivity contribution in [1.29, 1.82) is 0 Å². The Bertz CT molecular complexity index is 465. The highest BCUT2D eigenvalue weighted by Gasteiger charge is 2.04. The van der Waals surface area contributed by atoms with Crippen LogP contribution in [-0.4, -0.2) is 14.8 Å². The number of anilines is 2. The molecule has 0 fully saturated rings. The number of aryl methyl sites for hydroxylation is 3. The van der Waals surface area contributed by atoms with E-state index in [4.69, 9.17) is 0 Å². The van der Waals surface area contributed by atoms with Crippen molar-refractivity contribution in [3.63, 3.8) is 0 Å². The fraction of sp³-hybridized carbons (Fsp3) is 0.300. The van der Waals surface area contributed by atoms with Crippen LogP contribution in [0.5, 0.6) is 0 Å². The second kappa shape index (κ2) is 3.94. The van der Waals surface area contributed by atoms with Gasteiger partial charge in [0.1, 0.15) is 0 Å². The molecule has 1 aromatic carbocycles. The topological polar surface area (TPSA) is 50.7 Å². The molecule has 0 aliphatic heterocycles. The van der Waals surface area contributed by atoms with Gasteiger partial charge in [-0.25, -0.2) is 0 Å². The average Bonchev–Trinajstić information content (AvgIpc) is 2.67. The van der Waals surface area contributed by atoms with E-state index in [-0.39, 0.29) is 0 Å². The summed E-state index contributed by atoms with van der Waals surface area (Å²) in [5.74, 6) is 0. The predicted molar refractivity (Wildman–Crippen MR) is 61.6 cm³/mol. The molecule has 0 saturated carbocycles. The second-order valence-electron chi connectivity index (χ2n) is 3.54. The zero-order chi connectivity index (χ0) is 10.8. The summed E-state index contributed by atoms with van der Waals surface area (Å²) in [5.41, 5.74) is 4.83. The Balaban J connectivity index is 2.33. The van der Waals surface area contributed by atoms with Gasteiger partial charge in [-0.2, -0.15) is 0 Å². The Morgan fingerprint density at radius 1 is 1.07 bits per heavy atom. The van der Waals surface area contributed by atoms with Crippen LogP contribution in [0, 0.1) is 20.8 Å². The van der Waals surface area contributed by atoms with Crippen LogP contribution in [0.25, 0.3) is 0 Å². The molecule has 4 nitrogen and oxygen atoms in total. The molecule has 1 N–H and O–H groups in total. The Kier molecular flexibility index (Phi) is 2.64. The van der Waals surface area contributed by atoms with Gasteiger partial charge in [-0.15, -0.1) is 0 Å². The van der Waals surface area contributed by atoms with Crippen LogP contribution in [0.2, 0.25) is 0 Å². The summed E-state index contributed by atoms with van der Waals surface area (Å²) in [7, 11) is 0. The third-order valence-corrected chi connectivity index (χ3v) is 2.89. The fourth-order valence-electron chi connectivity index (χ4n) is 1.39. The van der Waals surface area contributed by atoms with Crippen LogP contribution in [0.4, 0.5) is 10.8 Å². The van der Waals surface area contributed by atoms with Crippen molar-refractivity contribution < 1.29 is 0 Å². The van der Waals surface area contributed by atoms with Gasteiger partial charge in [-0.1, -0.05) is 15.7 Å². The molecule has 78 valence electrons. The van der Waals surface area contributed by atoms with Crippen molar-refractivity contribution in [3.05, 3.63) is 28.8 Å². The molecule has 0 saturated heterocycles. The Hall–Kier alpha value is -1.49. The molecule has 0 radical (unpaired) electrons. The minimum atomic E-state index is 0.723. The van der Waals surface area contributed by atoms with E-state index in [0.717, 1.165) is 10.8 Å². The van der Waals surface area contributed by atoms with Crippen LogP contribution in [0.1, 0.15) is 16.7 Å². The molecule has 1 heterocycles. The van der Waals surface area contributed by atoms with Gasteiger partial charge in [0, 0.05) is 17.2 Å². The van der Waals surface area contributed by atoms with Crippen molar-refractivity contribution in [2.45, 2.75) is 20.8 Å². The van der Waals surface area contributed by atoms with Gasteiger partial charge >= 0.3 is 0 Å². The van der Waals surface area contributed by atoms with Gasteiger partial charge in [0.05, 0.1) is 0 Å². The standard InChI is InChI=1S/C10H12N4S/c1-6-4-8(3)9(5-7(6)2)11-10-12-13-14-15-10/h4-5H,1-3H3,(H,11,12,14). The van der Waals surface area contributed by atoms with Crippen LogP contribution < -0.4 is 5.32 Å². The van der Waals surface area contributed by atoms with Crippen LogP contribution in [-0.2, 0) is 0 Å². The molecule has 0 amide bonds. The van der Waals surface area contributed by atoms with Crippen LogP contribution >= 0.6 is 11.5 Å². The number of rotatable bonds is 2. The number of aromatic nitrogens is 3. The molecule has 1 aromatic heterocycles. The maximum Gasteiger partial charge on any atom is 0.229 e. The summed E-state index contributed by atoms with van der Waals surface area (Å²) in [5, 5.41) is 11.3. The fourth-order valence-corrected chi connectivity index (χ4v) is 1.77. The van der Waals surface area contributed by atoms with E-state index >= 15 is 0 Å². The molecular weight excluding hydrogens is 208 g/mol. The van der Waals surface area contributed by atoms with Gasteiger partial charge in [0.2, 0.25) is 5.13 Å². The number of hydrogen-bond donors (Lipinski definition) is 1. The minimum absolute atomic E-state index is 0.723. The molecule has 0 spiro atoms. The van der Waals surface area contributed by atoms with Gasteiger partial charge in [-0.3, -0.25) is 0 Å². The molecular formula is C10H12N4S. The maximum atomic E-state index is 3.85. The SMILES string of the molecule is Cc1cc(C)c(Nc2nnns2)cc1C. The largest absolute Gasteiger partial charge is 0.329 e. The first kappa shape index (κ1) is 10.0. The Morgan fingerprint density at radius 3 is 2.47 bits per heavy atom. The lowest BCUT2D eigenvalue weighted by molar-refractivity contribution is 0.961. The lowest BCUT2D eigenvalue weighted by Gasteiger charge is -2.09. The Morgan fingerprint density at radius 2 is 1.80 bits per heavy atom. The summed E-state index contributed by atoms with van der Waals surface area (Å²) in [6.45, 7) is 6.28. The molecule has 0 unspecified atom stereocenters.